The van der Waals surface area contributed by atoms with Crippen molar-refractivity contribution in [2.24, 2.45) is 11.1 Å². The molecular weight excluding hydrogens is 352 g/mol. The Hall–Kier alpha value is -1.92. The second-order valence-corrected chi connectivity index (χ2v) is 8.65. The Bertz CT molecular complexity index is 883. The third-order valence-electron chi connectivity index (χ3n) is 5.33. The highest BCUT2D eigenvalue weighted by Crippen LogP contribution is 2.47. The van der Waals surface area contributed by atoms with Crippen LogP contribution in [0, 0.1) is 5.41 Å². The average Bonchev–Trinajstić information content (AvgIpc) is 3.27. The summed E-state index contributed by atoms with van der Waals surface area (Å²) < 4.78 is 6.06. The molecule has 7 heteroatoms. The maximum atomic E-state index is 12.3. The number of halogens is 1. The molecule has 2 aliphatic rings. The minimum Gasteiger partial charge on any atom is -0.470 e. The number of aromatic nitrogens is 2. The fourth-order valence-corrected chi connectivity index (χ4v) is 3.47. The zero-order valence-corrected chi connectivity index (χ0v) is 16.0. The van der Waals surface area contributed by atoms with E-state index in [1.807, 2.05) is 25.7 Å². The Morgan fingerprint density at radius 1 is 1.31 bits per heavy atom. The lowest BCUT2D eigenvalue weighted by molar-refractivity contribution is -0.145. The molecule has 2 aromatic rings. The smallest absolute Gasteiger partial charge is 0.228 e. The largest absolute Gasteiger partial charge is 0.470 e. The van der Waals surface area contributed by atoms with E-state index in [4.69, 9.17) is 22.1 Å². The number of pyridine rings is 2. The predicted molar refractivity (Wildman–Crippen MR) is 100 cm³/mol. The summed E-state index contributed by atoms with van der Waals surface area (Å²) in [6.07, 6.45) is 5.33. The summed E-state index contributed by atoms with van der Waals surface area (Å²) in [6, 6.07) is 1.79. The molecule has 4 rings (SSSR count). The average molecular weight is 375 g/mol. The van der Waals surface area contributed by atoms with Crippen molar-refractivity contribution in [3.63, 3.8) is 0 Å². The SMILES string of the molecule is CC1(C(=O)N2CC(Oc3ncc(C(C)(C)N)c4cc(Cl)ncc34)C2)CC1. The van der Waals surface area contributed by atoms with Gasteiger partial charge in [-0.3, -0.25) is 4.79 Å². The number of ether oxygens (including phenoxy) is 1. The summed E-state index contributed by atoms with van der Waals surface area (Å²) in [4.78, 5) is 22.8. The van der Waals surface area contributed by atoms with E-state index >= 15 is 0 Å². The highest BCUT2D eigenvalue weighted by Gasteiger charge is 2.50. The van der Waals surface area contributed by atoms with Crippen LogP contribution in [0.4, 0.5) is 0 Å². The molecule has 138 valence electrons. The highest BCUT2D eigenvalue weighted by atomic mass is 35.5. The quantitative estimate of drug-likeness (QED) is 0.832. The van der Waals surface area contributed by atoms with Crippen molar-refractivity contribution in [3.8, 4) is 5.88 Å². The van der Waals surface area contributed by atoms with Crippen molar-refractivity contribution < 1.29 is 9.53 Å². The van der Waals surface area contributed by atoms with E-state index in [1.54, 1.807) is 18.5 Å². The van der Waals surface area contributed by atoms with Gasteiger partial charge in [-0.2, -0.15) is 0 Å². The van der Waals surface area contributed by atoms with Gasteiger partial charge in [-0.15, -0.1) is 0 Å². The molecule has 2 aromatic heterocycles. The van der Waals surface area contributed by atoms with E-state index in [9.17, 15) is 4.79 Å². The first kappa shape index (κ1) is 17.5. The maximum Gasteiger partial charge on any atom is 0.228 e. The lowest BCUT2D eigenvalue weighted by Gasteiger charge is -2.40. The van der Waals surface area contributed by atoms with Crippen LogP contribution in [0.2, 0.25) is 5.15 Å². The van der Waals surface area contributed by atoms with E-state index in [2.05, 4.69) is 9.97 Å². The van der Waals surface area contributed by atoms with Crippen molar-refractivity contribution in [3.05, 3.63) is 29.2 Å². The van der Waals surface area contributed by atoms with E-state index in [0.29, 0.717) is 24.1 Å². The topological polar surface area (TPSA) is 81.3 Å². The molecule has 0 unspecified atom stereocenters. The number of likely N-dealkylation sites (tertiary alicyclic amines) is 1. The van der Waals surface area contributed by atoms with Crippen molar-refractivity contribution >= 4 is 28.3 Å². The summed E-state index contributed by atoms with van der Waals surface area (Å²) in [6.45, 7) is 7.07. The summed E-state index contributed by atoms with van der Waals surface area (Å²) in [5, 5.41) is 2.07. The summed E-state index contributed by atoms with van der Waals surface area (Å²) in [5.74, 6) is 0.746. The Labute approximate surface area is 157 Å². The van der Waals surface area contributed by atoms with Crippen LogP contribution >= 0.6 is 11.6 Å². The number of rotatable bonds is 4. The number of nitrogens with zero attached hydrogens (tertiary/aromatic N) is 3. The van der Waals surface area contributed by atoms with Crippen LogP contribution in [0.15, 0.2) is 18.5 Å². The van der Waals surface area contributed by atoms with Crippen LogP contribution in [0.5, 0.6) is 5.88 Å². The minimum atomic E-state index is -0.562. The van der Waals surface area contributed by atoms with Crippen LogP contribution in [-0.2, 0) is 10.3 Å². The number of hydrogen-bond donors (Lipinski definition) is 1. The molecule has 1 aliphatic heterocycles. The molecule has 0 bridgehead atoms. The fraction of sp³-hybridized carbons (Fsp3) is 0.526. The Balaban J connectivity index is 1.56. The molecule has 6 nitrogen and oxygen atoms in total. The van der Waals surface area contributed by atoms with Crippen molar-refractivity contribution in [2.45, 2.75) is 45.3 Å². The van der Waals surface area contributed by atoms with Gasteiger partial charge in [0, 0.05) is 23.3 Å². The summed E-state index contributed by atoms with van der Waals surface area (Å²) in [5.41, 5.74) is 6.46. The lowest BCUT2D eigenvalue weighted by atomic mass is 9.93. The fourth-order valence-electron chi connectivity index (χ4n) is 3.31. The van der Waals surface area contributed by atoms with Gasteiger partial charge in [0.15, 0.2) is 0 Å². The van der Waals surface area contributed by atoms with Gasteiger partial charge >= 0.3 is 0 Å². The molecule has 26 heavy (non-hydrogen) atoms. The zero-order valence-electron chi connectivity index (χ0n) is 15.3. The molecule has 2 N–H and O–H groups in total. The van der Waals surface area contributed by atoms with Gasteiger partial charge in [0.1, 0.15) is 11.3 Å². The van der Waals surface area contributed by atoms with Gasteiger partial charge in [0.25, 0.3) is 0 Å². The molecular formula is C19H23ClN4O2. The van der Waals surface area contributed by atoms with Gasteiger partial charge in [0.2, 0.25) is 11.8 Å². The second-order valence-electron chi connectivity index (χ2n) is 8.26. The van der Waals surface area contributed by atoms with E-state index in [1.165, 1.54) is 0 Å². The van der Waals surface area contributed by atoms with Gasteiger partial charge in [0.05, 0.1) is 18.5 Å². The van der Waals surface area contributed by atoms with Crippen molar-refractivity contribution in [1.29, 1.82) is 0 Å². The molecule has 0 aromatic carbocycles. The Morgan fingerprint density at radius 2 is 2.00 bits per heavy atom. The maximum absolute atomic E-state index is 12.3. The summed E-state index contributed by atoms with van der Waals surface area (Å²) >= 11 is 6.08. The molecule has 1 saturated heterocycles. The van der Waals surface area contributed by atoms with E-state index in [0.717, 1.165) is 29.2 Å². The van der Waals surface area contributed by atoms with Crippen molar-refractivity contribution in [2.75, 3.05) is 13.1 Å². The number of hydrogen-bond acceptors (Lipinski definition) is 5. The third kappa shape index (κ3) is 3.01. The van der Waals surface area contributed by atoms with Gasteiger partial charge in [-0.05, 0) is 43.7 Å². The predicted octanol–water partition coefficient (Wildman–Crippen LogP) is 2.87. The molecule has 1 saturated carbocycles. The second kappa shape index (κ2) is 5.79. The Kier molecular flexibility index (Phi) is 3.90. The van der Waals surface area contributed by atoms with Crippen LogP contribution in [-0.4, -0.2) is 40.0 Å². The number of carbonyl (C=O) groups excluding carboxylic acids is 1. The van der Waals surface area contributed by atoms with Gasteiger partial charge in [-0.1, -0.05) is 18.5 Å². The standard InChI is InChI=1S/C19H23ClN4O2/c1-18(2,21)14-8-23-16(13-7-22-15(20)6-12(13)14)26-11-9-24(10-11)17(25)19(3)4-5-19/h6-8,11H,4-5,9-10,21H2,1-3H3. The van der Waals surface area contributed by atoms with Crippen LogP contribution < -0.4 is 10.5 Å². The first-order valence-electron chi connectivity index (χ1n) is 8.87. The van der Waals surface area contributed by atoms with E-state index in [-0.39, 0.29) is 17.4 Å². The first-order valence-corrected chi connectivity index (χ1v) is 9.25. The number of nitrogens with two attached hydrogens (primary N) is 1. The van der Waals surface area contributed by atoms with E-state index < -0.39 is 5.54 Å². The molecule has 3 heterocycles. The van der Waals surface area contributed by atoms with Gasteiger partial charge < -0.3 is 15.4 Å². The van der Waals surface area contributed by atoms with Crippen LogP contribution in [0.1, 0.15) is 39.2 Å². The number of fused-ring (bicyclic) bond motifs is 1. The third-order valence-corrected chi connectivity index (χ3v) is 5.53. The molecule has 0 radical (unpaired) electrons. The monoisotopic (exact) mass is 374 g/mol. The highest BCUT2D eigenvalue weighted by molar-refractivity contribution is 6.30. The van der Waals surface area contributed by atoms with Crippen LogP contribution in [0.25, 0.3) is 10.8 Å². The first-order chi connectivity index (χ1) is 12.2. The Morgan fingerprint density at radius 3 is 2.62 bits per heavy atom. The van der Waals surface area contributed by atoms with Crippen molar-refractivity contribution in [1.82, 2.24) is 14.9 Å². The molecule has 0 atom stereocenters. The minimum absolute atomic E-state index is 0.0515. The molecule has 1 amide bonds. The van der Waals surface area contributed by atoms with Gasteiger partial charge in [-0.25, -0.2) is 9.97 Å². The molecule has 0 spiro atoms. The molecule has 2 fully saturated rings. The number of amides is 1. The molecule has 1 aliphatic carbocycles. The normalized spacial score (nSPS) is 19.3. The zero-order chi connectivity index (χ0) is 18.7. The number of carbonyl (C=O) groups is 1. The van der Waals surface area contributed by atoms with Crippen LogP contribution in [0.3, 0.4) is 0 Å². The summed E-state index contributed by atoms with van der Waals surface area (Å²) in [7, 11) is 0. The lowest BCUT2D eigenvalue weighted by Crippen LogP contribution is -2.57.